The molecule has 72 valence electrons. The average molecular weight is 207 g/mol. The maximum Gasteiger partial charge on any atom is 0.286 e. The minimum absolute atomic E-state index is 0.116. The van der Waals surface area contributed by atoms with Crippen LogP contribution in [0.2, 0.25) is 0 Å². The van der Waals surface area contributed by atoms with Gasteiger partial charge in [0.15, 0.2) is 5.69 Å². The van der Waals surface area contributed by atoms with Gasteiger partial charge in [-0.25, -0.2) is 4.98 Å². The molecule has 1 aromatic heterocycles. The van der Waals surface area contributed by atoms with Gasteiger partial charge in [-0.05, 0) is 23.9 Å². The molecule has 14 heavy (non-hydrogen) atoms. The van der Waals surface area contributed by atoms with Crippen LogP contribution in [-0.2, 0) is 0 Å². The van der Waals surface area contributed by atoms with Crippen LogP contribution in [-0.4, -0.2) is 29.2 Å². The Morgan fingerprint density at radius 2 is 2.36 bits per heavy atom. The van der Waals surface area contributed by atoms with Crippen LogP contribution < -0.4 is 0 Å². The topological polar surface area (TPSA) is 57.0 Å². The first-order chi connectivity index (χ1) is 6.65. The predicted molar refractivity (Wildman–Crippen MR) is 53.9 cm³/mol. The standard InChI is InChI=1S/C9H9N3OS/c1-12(2)9(13)14-8-4-3-5-11-7(8)6-10/h3-5H,1-2H3. The Morgan fingerprint density at radius 3 is 2.93 bits per heavy atom. The van der Waals surface area contributed by atoms with Crippen molar-refractivity contribution in [1.29, 1.82) is 5.26 Å². The second kappa shape index (κ2) is 4.63. The van der Waals surface area contributed by atoms with E-state index in [4.69, 9.17) is 5.26 Å². The van der Waals surface area contributed by atoms with E-state index >= 15 is 0 Å². The smallest absolute Gasteiger partial charge is 0.286 e. The van der Waals surface area contributed by atoms with Gasteiger partial charge in [0.05, 0.1) is 4.90 Å². The number of amides is 1. The van der Waals surface area contributed by atoms with Crippen molar-refractivity contribution in [3.63, 3.8) is 0 Å². The lowest BCUT2D eigenvalue weighted by molar-refractivity contribution is 0.241. The fourth-order valence-corrected chi connectivity index (χ4v) is 1.45. The quantitative estimate of drug-likeness (QED) is 0.658. The molecule has 0 bridgehead atoms. The fourth-order valence-electron chi connectivity index (χ4n) is 0.742. The van der Waals surface area contributed by atoms with E-state index in [1.54, 1.807) is 26.2 Å². The summed E-state index contributed by atoms with van der Waals surface area (Å²) in [5, 5.41) is 8.60. The Bertz CT molecular complexity index is 384. The second-order valence-corrected chi connectivity index (χ2v) is 3.72. The van der Waals surface area contributed by atoms with Gasteiger partial charge in [0, 0.05) is 20.3 Å². The summed E-state index contributed by atoms with van der Waals surface area (Å²) in [7, 11) is 3.33. The summed E-state index contributed by atoms with van der Waals surface area (Å²) in [4.78, 5) is 17.2. The zero-order valence-electron chi connectivity index (χ0n) is 7.89. The molecule has 0 radical (unpaired) electrons. The second-order valence-electron chi connectivity index (χ2n) is 2.72. The highest BCUT2D eigenvalue weighted by Crippen LogP contribution is 2.22. The molecule has 0 saturated carbocycles. The predicted octanol–water partition coefficient (Wildman–Crippen LogP) is 1.73. The molecule has 0 N–H and O–H groups in total. The van der Waals surface area contributed by atoms with Crippen molar-refractivity contribution >= 4 is 17.0 Å². The van der Waals surface area contributed by atoms with Gasteiger partial charge in [0.1, 0.15) is 6.07 Å². The Labute approximate surface area is 86.5 Å². The van der Waals surface area contributed by atoms with Crippen molar-refractivity contribution in [2.75, 3.05) is 14.1 Å². The number of hydrogen-bond donors (Lipinski definition) is 0. The van der Waals surface area contributed by atoms with Gasteiger partial charge >= 0.3 is 0 Å². The number of thioether (sulfide) groups is 1. The third kappa shape index (κ3) is 2.47. The zero-order valence-corrected chi connectivity index (χ0v) is 8.71. The summed E-state index contributed by atoms with van der Waals surface area (Å²) < 4.78 is 0. The van der Waals surface area contributed by atoms with Crippen LogP contribution in [0.4, 0.5) is 4.79 Å². The Hall–Kier alpha value is -1.54. The van der Waals surface area contributed by atoms with E-state index in [0.29, 0.717) is 4.90 Å². The molecule has 0 spiro atoms. The number of carbonyl (C=O) groups excluding carboxylic acids is 1. The SMILES string of the molecule is CN(C)C(=O)Sc1cccnc1C#N. The van der Waals surface area contributed by atoms with Crippen LogP contribution in [0, 0.1) is 11.3 Å². The maximum absolute atomic E-state index is 11.3. The van der Waals surface area contributed by atoms with Gasteiger partial charge < -0.3 is 4.90 Å². The van der Waals surface area contributed by atoms with Crippen molar-refractivity contribution in [2.45, 2.75) is 4.90 Å². The number of pyridine rings is 1. The normalized spacial score (nSPS) is 9.21. The summed E-state index contributed by atoms with van der Waals surface area (Å²) in [5.74, 6) is 0. The van der Waals surface area contributed by atoms with Crippen LogP contribution in [0.5, 0.6) is 0 Å². The molecule has 0 aliphatic carbocycles. The third-order valence-corrected chi connectivity index (χ3v) is 2.53. The first-order valence-electron chi connectivity index (χ1n) is 3.89. The number of carbonyl (C=O) groups is 1. The van der Waals surface area contributed by atoms with Crippen molar-refractivity contribution < 1.29 is 4.79 Å². The van der Waals surface area contributed by atoms with Crippen LogP contribution in [0.25, 0.3) is 0 Å². The van der Waals surface area contributed by atoms with Crippen molar-refractivity contribution in [1.82, 2.24) is 9.88 Å². The Morgan fingerprint density at radius 1 is 1.64 bits per heavy atom. The number of nitrogens with zero attached hydrogens (tertiary/aromatic N) is 3. The number of rotatable bonds is 1. The highest BCUT2D eigenvalue weighted by atomic mass is 32.2. The van der Waals surface area contributed by atoms with Gasteiger partial charge in [0.2, 0.25) is 0 Å². The molecule has 0 unspecified atom stereocenters. The molecule has 4 nitrogen and oxygen atoms in total. The molecule has 0 saturated heterocycles. The van der Waals surface area contributed by atoms with Crippen LogP contribution in [0.3, 0.4) is 0 Å². The summed E-state index contributed by atoms with van der Waals surface area (Å²) in [6.07, 6.45) is 1.53. The van der Waals surface area contributed by atoms with E-state index in [0.717, 1.165) is 11.8 Å². The molecular weight excluding hydrogens is 198 g/mol. The summed E-state index contributed by atoms with van der Waals surface area (Å²) >= 11 is 1.00. The fraction of sp³-hybridized carbons (Fsp3) is 0.222. The highest BCUT2D eigenvalue weighted by molar-refractivity contribution is 8.13. The van der Waals surface area contributed by atoms with Crippen molar-refractivity contribution in [3.8, 4) is 6.07 Å². The van der Waals surface area contributed by atoms with Gasteiger partial charge in [-0.2, -0.15) is 5.26 Å². The summed E-state index contributed by atoms with van der Waals surface area (Å²) in [6, 6.07) is 5.34. The van der Waals surface area contributed by atoms with E-state index in [1.165, 1.54) is 11.1 Å². The van der Waals surface area contributed by atoms with Crippen LogP contribution in [0.15, 0.2) is 23.2 Å². The average Bonchev–Trinajstić information content (AvgIpc) is 2.18. The molecule has 0 fully saturated rings. The van der Waals surface area contributed by atoms with E-state index in [9.17, 15) is 4.79 Å². The zero-order chi connectivity index (χ0) is 10.6. The first kappa shape index (κ1) is 10.5. The summed E-state index contributed by atoms with van der Waals surface area (Å²) in [6.45, 7) is 0. The first-order valence-corrected chi connectivity index (χ1v) is 4.71. The summed E-state index contributed by atoms with van der Waals surface area (Å²) in [5.41, 5.74) is 0.285. The molecule has 1 heterocycles. The van der Waals surface area contributed by atoms with Gasteiger partial charge in [-0.1, -0.05) is 0 Å². The molecule has 0 aliphatic heterocycles. The minimum Gasteiger partial charge on any atom is -0.339 e. The largest absolute Gasteiger partial charge is 0.339 e. The molecule has 1 aromatic rings. The van der Waals surface area contributed by atoms with Gasteiger partial charge in [0.25, 0.3) is 5.24 Å². The molecule has 0 aromatic carbocycles. The molecule has 0 atom stereocenters. The van der Waals surface area contributed by atoms with E-state index < -0.39 is 0 Å². The molecular formula is C9H9N3OS. The van der Waals surface area contributed by atoms with Gasteiger partial charge in [-0.3, -0.25) is 4.79 Å². The Kier molecular flexibility index (Phi) is 3.48. The highest BCUT2D eigenvalue weighted by Gasteiger charge is 2.10. The number of aromatic nitrogens is 1. The third-order valence-electron chi connectivity index (χ3n) is 1.44. The minimum atomic E-state index is -0.116. The van der Waals surface area contributed by atoms with Crippen LogP contribution in [0.1, 0.15) is 5.69 Å². The number of hydrogen-bond acceptors (Lipinski definition) is 4. The Balaban J connectivity index is 2.87. The van der Waals surface area contributed by atoms with Crippen LogP contribution >= 0.6 is 11.8 Å². The van der Waals surface area contributed by atoms with Gasteiger partial charge in [-0.15, -0.1) is 0 Å². The number of nitriles is 1. The molecule has 5 heteroatoms. The lowest BCUT2D eigenvalue weighted by Gasteiger charge is -2.08. The molecule has 1 amide bonds. The van der Waals surface area contributed by atoms with E-state index in [1.807, 2.05) is 6.07 Å². The van der Waals surface area contributed by atoms with E-state index in [2.05, 4.69) is 4.98 Å². The maximum atomic E-state index is 11.3. The van der Waals surface area contributed by atoms with Crippen molar-refractivity contribution in [3.05, 3.63) is 24.0 Å². The van der Waals surface area contributed by atoms with E-state index in [-0.39, 0.29) is 10.9 Å². The lowest BCUT2D eigenvalue weighted by atomic mass is 10.4. The lowest BCUT2D eigenvalue weighted by Crippen LogP contribution is -2.16. The molecule has 0 aliphatic rings. The molecule has 1 rings (SSSR count). The monoisotopic (exact) mass is 207 g/mol. The van der Waals surface area contributed by atoms with Crippen molar-refractivity contribution in [2.24, 2.45) is 0 Å².